The smallest absolute Gasteiger partial charge is 0.0341 e. The summed E-state index contributed by atoms with van der Waals surface area (Å²) in [5.74, 6) is 0. The molecule has 0 fully saturated rings. The predicted octanol–water partition coefficient (Wildman–Crippen LogP) is 3.12. The molecule has 0 saturated heterocycles. The molecule has 0 heterocycles. The number of hydrogen-bond acceptors (Lipinski definition) is 3. The van der Waals surface area contributed by atoms with Crippen LogP contribution in [0.2, 0.25) is 0 Å². The molecule has 3 heteroatoms. The summed E-state index contributed by atoms with van der Waals surface area (Å²) in [6, 6.07) is 7.72. The van der Waals surface area contributed by atoms with Gasteiger partial charge in [0.25, 0.3) is 0 Å². The van der Waals surface area contributed by atoms with Crippen LogP contribution in [0.4, 0.5) is 11.4 Å². The van der Waals surface area contributed by atoms with Crippen molar-refractivity contribution in [2.45, 2.75) is 33.6 Å². The number of hydrogen-bond donors (Lipinski definition) is 3. The van der Waals surface area contributed by atoms with Gasteiger partial charge in [0.05, 0.1) is 0 Å². The number of nitrogens with two attached hydrogens (primary N) is 1. The maximum Gasteiger partial charge on any atom is 0.0341 e. The minimum Gasteiger partial charge on any atom is -0.400 e. The predicted molar refractivity (Wildman–Crippen MR) is 73.7 cm³/mol. The average molecular weight is 226 g/mol. The van der Waals surface area contributed by atoms with Gasteiger partial charge in [-0.3, -0.25) is 0 Å². The standard InChI is InChI=1S/C8H12N2.C4H10.CH4O/c1-2-10-8-5-3-7(9)4-6-8;1-3-4-2;1-2/h3-6,10H,2,9H2,1H3;3-4H2,1-2H3;2H,1H3. The van der Waals surface area contributed by atoms with Gasteiger partial charge in [0.2, 0.25) is 0 Å². The first-order chi connectivity index (χ1) is 7.74. The van der Waals surface area contributed by atoms with E-state index in [4.69, 9.17) is 10.8 Å². The van der Waals surface area contributed by atoms with Gasteiger partial charge in [-0.25, -0.2) is 0 Å². The van der Waals surface area contributed by atoms with Crippen LogP contribution in [0.25, 0.3) is 0 Å². The van der Waals surface area contributed by atoms with Crippen molar-refractivity contribution in [1.29, 1.82) is 0 Å². The van der Waals surface area contributed by atoms with E-state index in [1.807, 2.05) is 24.3 Å². The van der Waals surface area contributed by atoms with Crippen LogP contribution in [-0.4, -0.2) is 18.8 Å². The van der Waals surface area contributed by atoms with Gasteiger partial charge in [-0.1, -0.05) is 26.7 Å². The summed E-state index contributed by atoms with van der Waals surface area (Å²) in [4.78, 5) is 0. The highest BCUT2D eigenvalue weighted by Gasteiger charge is 1.86. The molecule has 0 aliphatic heterocycles. The van der Waals surface area contributed by atoms with E-state index in [0.717, 1.165) is 25.0 Å². The van der Waals surface area contributed by atoms with Crippen molar-refractivity contribution in [1.82, 2.24) is 0 Å². The lowest BCUT2D eigenvalue weighted by Crippen LogP contribution is -1.95. The molecule has 0 unspecified atom stereocenters. The Labute approximate surface area is 99.7 Å². The van der Waals surface area contributed by atoms with Crippen LogP contribution in [0.5, 0.6) is 0 Å². The molecule has 4 N–H and O–H groups in total. The molecule has 0 spiro atoms. The first kappa shape index (κ1) is 17.2. The molecule has 3 nitrogen and oxygen atoms in total. The minimum atomic E-state index is 0.807. The second-order valence-electron chi connectivity index (χ2n) is 3.15. The Bertz CT molecular complexity index is 220. The van der Waals surface area contributed by atoms with Crippen molar-refractivity contribution in [3.63, 3.8) is 0 Å². The van der Waals surface area contributed by atoms with Crippen LogP contribution in [0.15, 0.2) is 24.3 Å². The van der Waals surface area contributed by atoms with Crippen LogP contribution in [-0.2, 0) is 0 Å². The minimum absolute atomic E-state index is 0.807. The van der Waals surface area contributed by atoms with E-state index in [1.54, 1.807) is 0 Å². The Morgan fingerprint density at radius 3 is 1.75 bits per heavy atom. The normalized spacial score (nSPS) is 8.06. The Morgan fingerprint density at radius 2 is 1.44 bits per heavy atom. The third-order valence-electron chi connectivity index (χ3n) is 1.79. The van der Waals surface area contributed by atoms with E-state index < -0.39 is 0 Å². The van der Waals surface area contributed by atoms with Crippen molar-refractivity contribution in [2.75, 3.05) is 24.7 Å². The summed E-state index contributed by atoms with van der Waals surface area (Å²) in [6.07, 6.45) is 2.64. The van der Waals surface area contributed by atoms with E-state index in [0.29, 0.717) is 0 Å². The summed E-state index contributed by atoms with van der Waals surface area (Å²) >= 11 is 0. The lowest BCUT2D eigenvalue weighted by atomic mass is 10.3. The molecule has 0 aliphatic carbocycles. The van der Waals surface area contributed by atoms with E-state index in [9.17, 15) is 0 Å². The van der Waals surface area contributed by atoms with Gasteiger partial charge >= 0.3 is 0 Å². The molecule has 0 radical (unpaired) electrons. The van der Waals surface area contributed by atoms with Crippen LogP contribution in [0.1, 0.15) is 33.6 Å². The van der Waals surface area contributed by atoms with Crippen LogP contribution in [0.3, 0.4) is 0 Å². The molecule has 0 aliphatic rings. The van der Waals surface area contributed by atoms with Crippen molar-refractivity contribution < 1.29 is 5.11 Å². The van der Waals surface area contributed by atoms with Gasteiger partial charge in [-0.05, 0) is 31.2 Å². The molecular weight excluding hydrogens is 200 g/mol. The first-order valence-electron chi connectivity index (χ1n) is 5.78. The summed E-state index contributed by atoms with van der Waals surface area (Å²) in [5, 5.41) is 10.2. The van der Waals surface area contributed by atoms with Gasteiger partial charge in [0.15, 0.2) is 0 Å². The molecule has 0 atom stereocenters. The molecule has 1 aromatic rings. The Balaban J connectivity index is 0. The molecule has 0 aromatic heterocycles. The zero-order valence-electron chi connectivity index (χ0n) is 11.0. The topological polar surface area (TPSA) is 58.3 Å². The summed E-state index contributed by atoms with van der Waals surface area (Å²) in [7, 11) is 1.00. The highest BCUT2D eigenvalue weighted by Crippen LogP contribution is 2.09. The fourth-order valence-corrected chi connectivity index (χ4v) is 0.805. The largest absolute Gasteiger partial charge is 0.400 e. The quantitative estimate of drug-likeness (QED) is 0.694. The first-order valence-corrected chi connectivity index (χ1v) is 5.78. The number of nitrogen functional groups attached to an aromatic ring is 1. The second kappa shape index (κ2) is 13.8. The maximum atomic E-state index is 7.00. The summed E-state index contributed by atoms with van der Waals surface area (Å²) in [5.41, 5.74) is 7.42. The lowest BCUT2D eigenvalue weighted by Gasteiger charge is -2.01. The van der Waals surface area contributed by atoms with Gasteiger partial charge in [0, 0.05) is 25.0 Å². The van der Waals surface area contributed by atoms with E-state index in [-0.39, 0.29) is 0 Å². The van der Waals surface area contributed by atoms with E-state index in [2.05, 4.69) is 26.1 Å². The van der Waals surface area contributed by atoms with Crippen molar-refractivity contribution in [3.05, 3.63) is 24.3 Å². The fourth-order valence-electron chi connectivity index (χ4n) is 0.805. The molecule has 94 valence electrons. The van der Waals surface area contributed by atoms with Crippen LogP contribution < -0.4 is 11.1 Å². The Hall–Kier alpha value is -1.22. The fraction of sp³-hybridized carbons (Fsp3) is 0.538. The van der Waals surface area contributed by atoms with Crippen LogP contribution >= 0.6 is 0 Å². The molecule has 0 saturated carbocycles. The molecule has 1 rings (SSSR count). The van der Waals surface area contributed by atoms with Crippen molar-refractivity contribution >= 4 is 11.4 Å². The number of benzene rings is 1. The number of aliphatic hydroxyl groups excluding tert-OH is 1. The average Bonchev–Trinajstić information content (AvgIpc) is 2.35. The third-order valence-corrected chi connectivity index (χ3v) is 1.79. The summed E-state index contributed by atoms with van der Waals surface area (Å²) < 4.78 is 0. The highest BCUT2D eigenvalue weighted by atomic mass is 16.2. The molecule has 0 bridgehead atoms. The number of rotatable bonds is 3. The second-order valence-corrected chi connectivity index (χ2v) is 3.15. The van der Waals surface area contributed by atoms with Gasteiger partial charge in [0.1, 0.15) is 0 Å². The number of nitrogens with one attached hydrogen (secondary N) is 1. The molecule has 1 aromatic carbocycles. The Morgan fingerprint density at radius 1 is 1.00 bits per heavy atom. The molecule has 0 amide bonds. The monoisotopic (exact) mass is 226 g/mol. The third kappa shape index (κ3) is 10.9. The summed E-state index contributed by atoms with van der Waals surface area (Å²) in [6.45, 7) is 7.38. The zero-order valence-corrected chi connectivity index (χ0v) is 11.0. The van der Waals surface area contributed by atoms with Gasteiger partial charge in [-0.2, -0.15) is 0 Å². The molecular formula is C13H26N2O. The van der Waals surface area contributed by atoms with Gasteiger partial charge < -0.3 is 16.2 Å². The van der Waals surface area contributed by atoms with E-state index in [1.165, 1.54) is 12.8 Å². The Kier molecular flexibility index (Phi) is 14.8. The number of unbranched alkanes of at least 4 members (excludes halogenated alkanes) is 1. The van der Waals surface area contributed by atoms with Crippen LogP contribution in [0, 0.1) is 0 Å². The zero-order chi connectivity index (χ0) is 12.8. The maximum absolute atomic E-state index is 7.00. The number of aliphatic hydroxyl groups is 1. The lowest BCUT2D eigenvalue weighted by molar-refractivity contribution is 0.399. The highest BCUT2D eigenvalue weighted by molar-refractivity contribution is 5.50. The van der Waals surface area contributed by atoms with Crippen molar-refractivity contribution in [3.8, 4) is 0 Å². The number of anilines is 2. The van der Waals surface area contributed by atoms with E-state index >= 15 is 0 Å². The van der Waals surface area contributed by atoms with Crippen molar-refractivity contribution in [2.24, 2.45) is 0 Å². The molecule has 16 heavy (non-hydrogen) atoms. The SMILES string of the molecule is CCCC.CCNc1ccc(N)cc1.CO. The van der Waals surface area contributed by atoms with Gasteiger partial charge in [-0.15, -0.1) is 0 Å².